The molecule has 1 amide bonds. The third-order valence-corrected chi connectivity index (χ3v) is 10.8. The Morgan fingerprint density at radius 2 is 1.91 bits per heavy atom. The number of amides is 1. The molecule has 12 heteroatoms. The highest BCUT2D eigenvalue weighted by Gasteiger charge is 2.34. The number of aryl methyl sites for hydroxylation is 1. The number of hydrogen-bond acceptors (Lipinski definition) is 8. The minimum absolute atomic E-state index is 0.00903. The van der Waals surface area contributed by atoms with E-state index < -0.39 is 17.7 Å². The summed E-state index contributed by atoms with van der Waals surface area (Å²) in [6, 6.07) is 9.70. The number of fused-ring (bicyclic) bond motifs is 1. The van der Waals surface area contributed by atoms with Gasteiger partial charge in [0.15, 0.2) is 0 Å². The number of H-pyrrole nitrogens is 1. The van der Waals surface area contributed by atoms with E-state index in [1.54, 1.807) is 6.07 Å². The number of aromatic hydroxyl groups is 1. The monoisotopic (exact) mass is 672 g/mol. The first-order valence-corrected chi connectivity index (χ1v) is 17.4. The number of likely N-dealkylation sites (tertiary alicyclic amines) is 1. The SMILES string of the molecule is CCCN(CC1(C)CCN(Cc2ccc(F)c(CCNC[C@H](O)c3ccc(O)c4[nH]c(=O)sc34)c2F)CC1)C(=O)c1ccc(C)s1. The Morgan fingerprint density at radius 1 is 1.15 bits per heavy atom. The van der Waals surface area contributed by atoms with Gasteiger partial charge in [0.2, 0.25) is 0 Å². The number of halogens is 2. The van der Waals surface area contributed by atoms with E-state index >= 15 is 4.39 Å². The van der Waals surface area contributed by atoms with Crippen LogP contribution < -0.4 is 10.2 Å². The molecular formula is C34H42F2N4O4S2. The molecule has 3 heterocycles. The van der Waals surface area contributed by atoms with Gasteiger partial charge in [-0.1, -0.05) is 37.3 Å². The molecule has 8 nitrogen and oxygen atoms in total. The minimum Gasteiger partial charge on any atom is -0.506 e. The van der Waals surface area contributed by atoms with Crippen molar-refractivity contribution < 1.29 is 23.8 Å². The van der Waals surface area contributed by atoms with Crippen LogP contribution in [-0.4, -0.2) is 70.2 Å². The number of aliphatic hydroxyl groups excluding tert-OH is 1. The van der Waals surface area contributed by atoms with E-state index in [9.17, 15) is 24.2 Å². The van der Waals surface area contributed by atoms with E-state index in [1.807, 2.05) is 24.0 Å². The Bertz CT molecular complexity index is 1730. The van der Waals surface area contributed by atoms with Gasteiger partial charge in [-0.05, 0) is 81.9 Å². The number of aromatic nitrogens is 1. The van der Waals surface area contributed by atoms with Gasteiger partial charge < -0.3 is 25.4 Å². The number of nitrogens with zero attached hydrogens (tertiary/aromatic N) is 2. The molecule has 5 rings (SSSR count). The number of phenolic OH excluding ortho intramolecular Hbond substituents is 1. The predicted molar refractivity (Wildman–Crippen MR) is 180 cm³/mol. The molecule has 1 fully saturated rings. The van der Waals surface area contributed by atoms with Crippen LogP contribution in [-0.2, 0) is 13.0 Å². The Labute approximate surface area is 275 Å². The first kappa shape index (κ1) is 34.2. The Balaban J connectivity index is 1.14. The van der Waals surface area contributed by atoms with Crippen LogP contribution >= 0.6 is 22.7 Å². The van der Waals surface area contributed by atoms with Crippen LogP contribution in [0.15, 0.2) is 41.2 Å². The molecule has 4 N–H and O–H groups in total. The second-order valence-electron chi connectivity index (χ2n) is 12.6. The number of carbonyl (C=O) groups is 1. The molecule has 46 heavy (non-hydrogen) atoms. The zero-order valence-electron chi connectivity index (χ0n) is 26.5. The lowest BCUT2D eigenvalue weighted by Crippen LogP contribution is -2.46. The fourth-order valence-corrected chi connectivity index (χ4v) is 7.95. The largest absolute Gasteiger partial charge is 0.506 e. The van der Waals surface area contributed by atoms with E-state index in [-0.39, 0.29) is 52.5 Å². The molecule has 1 saturated heterocycles. The number of carbonyl (C=O) groups excluding carboxylic acids is 1. The zero-order valence-corrected chi connectivity index (χ0v) is 28.1. The molecule has 248 valence electrons. The number of nitrogens with one attached hydrogen (secondary N) is 2. The van der Waals surface area contributed by atoms with Crippen LogP contribution in [0.3, 0.4) is 0 Å². The van der Waals surface area contributed by atoms with Crippen molar-refractivity contribution in [3.63, 3.8) is 0 Å². The molecule has 2 aromatic carbocycles. The molecule has 1 aliphatic heterocycles. The average Bonchev–Trinajstić information content (AvgIpc) is 3.64. The molecule has 0 bridgehead atoms. The van der Waals surface area contributed by atoms with Gasteiger partial charge in [-0.3, -0.25) is 14.5 Å². The number of thiazole rings is 1. The molecule has 4 aromatic rings. The van der Waals surface area contributed by atoms with Crippen molar-refractivity contribution in [2.45, 2.75) is 59.1 Å². The summed E-state index contributed by atoms with van der Waals surface area (Å²) in [5.74, 6) is -1.13. The lowest BCUT2D eigenvalue weighted by atomic mass is 9.79. The van der Waals surface area contributed by atoms with Crippen molar-refractivity contribution in [2.75, 3.05) is 39.3 Å². The minimum atomic E-state index is -0.979. The molecule has 0 aliphatic carbocycles. The topological polar surface area (TPSA) is 109 Å². The molecule has 1 atom stereocenters. The van der Waals surface area contributed by atoms with Gasteiger partial charge >= 0.3 is 4.87 Å². The van der Waals surface area contributed by atoms with Crippen molar-refractivity contribution in [3.05, 3.63) is 84.1 Å². The van der Waals surface area contributed by atoms with E-state index in [0.29, 0.717) is 35.5 Å². The van der Waals surface area contributed by atoms with Crippen LogP contribution in [0.4, 0.5) is 8.78 Å². The maximum Gasteiger partial charge on any atom is 0.305 e. The van der Waals surface area contributed by atoms with Crippen LogP contribution in [0.1, 0.15) is 70.5 Å². The van der Waals surface area contributed by atoms with Gasteiger partial charge in [-0.15, -0.1) is 11.3 Å². The first-order valence-electron chi connectivity index (χ1n) is 15.8. The Hall–Kier alpha value is -3.16. The highest BCUT2D eigenvalue weighted by atomic mass is 32.1. The second kappa shape index (κ2) is 14.7. The highest BCUT2D eigenvalue weighted by molar-refractivity contribution is 7.16. The number of rotatable bonds is 13. The molecule has 0 saturated carbocycles. The van der Waals surface area contributed by atoms with Crippen LogP contribution in [0, 0.1) is 24.0 Å². The third-order valence-electron chi connectivity index (χ3n) is 8.86. The summed E-state index contributed by atoms with van der Waals surface area (Å²) in [5, 5.41) is 23.8. The zero-order chi connectivity index (χ0) is 33.0. The first-order chi connectivity index (χ1) is 22.0. The van der Waals surface area contributed by atoms with Crippen molar-refractivity contribution in [3.8, 4) is 5.75 Å². The highest BCUT2D eigenvalue weighted by Crippen LogP contribution is 2.34. The number of thiophene rings is 1. The van der Waals surface area contributed by atoms with E-state index in [2.05, 4.69) is 29.0 Å². The van der Waals surface area contributed by atoms with E-state index in [1.165, 1.54) is 29.5 Å². The second-order valence-corrected chi connectivity index (χ2v) is 14.9. The smallest absolute Gasteiger partial charge is 0.305 e. The summed E-state index contributed by atoms with van der Waals surface area (Å²) in [7, 11) is 0. The summed E-state index contributed by atoms with van der Waals surface area (Å²) in [6.07, 6.45) is 1.76. The number of aliphatic hydroxyl groups is 1. The maximum absolute atomic E-state index is 15.6. The van der Waals surface area contributed by atoms with E-state index in [0.717, 1.165) is 53.4 Å². The van der Waals surface area contributed by atoms with Gasteiger partial charge in [0, 0.05) is 47.7 Å². The fourth-order valence-electron chi connectivity index (χ4n) is 6.20. The van der Waals surface area contributed by atoms with Crippen molar-refractivity contribution >= 4 is 38.8 Å². The number of benzene rings is 2. The Kier molecular flexibility index (Phi) is 10.9. The predicted octanol–water partition coefficient (Wildman–Crippen LogP) is 5.96. The molecule has 1 aliphatic rings. The fraction of sp³-hybridized carbons (Fsp3) is 0.471. The quantitative estimate of drug-likeness (QED) is 0.131. The van der Waals surface area contributed by atoms with Crippen molar-refractivity contribution in [1.82, 2.24) is 20.1 Å². The van der Waals surface area contributed by atoms with Crippen LogP contribution in [0.25, 0.3) is 10.2 Å². The molecule has 0 spiro atoms. The standard InChI is InChI=1S/C34H42F2N4O4S2/c1-4-15-40(32(43)28-10-5-21(2)45-28)20-34(3)12-16-39(17-13-34)19-22-6-8-25(35)23(29(22)36)11-14-37-18-27(42)24-7-9-26(41)30-31(24)46-33(44)38-30/h5-10,27,37,41-42H,4,11-20H2,1-3H3,(H,38,44)/t27-/m0/s1. The van der Waals surface area contributed by atoms with Crippen LogP contribution in [0.5, 0.6) is 5.75 Å². The van der Waals surface area contributed by atoms with Crippen molar-refractivity contribution in [1.29, 1.82) is 0 Å². The van der Waals surface area contributed by atoms with Gasteiger partial charge in [0.1, 0.15) is 22.9 Å². The normalized spacial score (nSPS) is 15.8. The molecular weight excluding hydrogens is 631 g/mol. The summed E-state index contributed by atoms with van der Waals surface area (Å²) >= 11 is 2.43. The molecule has 0 unspecified atom stereocenters. The lowest BCUT2D eigenvalue weighted by molar-refractivity contribution is 0.0511. The third kappa shape index (κ3) is 7.86. The molecule has 2 aromatic heterocycles. The molecule has 0 radical (unpaired) electrons. The van der Waals surface area contributed by atoms with Crippen molar-refractivity contribution in [2.24, 2.45) is 5.41 Å². The summed E-state index contributed by atoms with van der Waals surface area (Å²) in [5.41, 5.74) is 1.19. The van der Waals surface area contributed by atoms with E-state index in [4.69, 9.17) is 0 Å². The number of aromatic amines is 1. The van der Waals surface area contributed by atoms with Gasteiger partial charge in [0.05, 0.1) is 15.7 Å². The van der Waals surface area contributed by atoms with Gasteiger partial charge in [-0.2, -0.15) is 0 Å². The summed E-state index contributed by atoms with van der Waals surface area (Å²) in [4.78, 5) is 33.3. The van der Waals surface area contributed by atoms with Gasteiger partial charge in [0.25, 0.3) is 5.91 Å². The number of hydrogen-bond donors (Lipinski definition) is 4. The number of phenols is 1. The lowest BCUT2D eigenvalue weighted by Gasteiger charge is -2.42. The van der Waals surface area contributed by atoms with Gasteiger partial charge in [-0.25, -0.2) is 8.78 Å². The summed E-state index contributed by atoms with van der Waals surface area (Å²) in [6.45, 7) is 9.95. The van der Waals surface area contributed by atoms with Crippen LogP contribution in [0.2, 0.25) is 0 Å². The Morgan fingerprint density at radius 3 is 2.61 bits per heavy atom. The number of piperidine rings is 1. The summed E-state index contributed by atoms with van der Waals surface area (Å²) < 4.78 is 30.8. The maximum atomic E-state index is 15.6. The average molecular weight is 673 g/mol.